The Morgan fingerprint density at radius 3 is 2.33 bits per heavy atom. The fourth-order valence-corrected chi connectivity index (χ4v) is 2.89. The van der Waals surface area contributed by atoms with Crippen LogP contribution in [0, 0.1) is 11.8 Å². The molecule has 1 aliphatic rings. The highest BCUT2D eigenvalue weighted by Crippen LogP contribution is 2.30. The molecule has 90 valence electrons. The van der Waals surface area contributed by atoms with Gasteiger partial charge in [-0.25, -0.2) is 0 Å². The minimum absolute atomic E-state index is 0.787. The molecule has 2 unspecified atom stereocenters. The zero-order valence-corrected chi connectivity index (χ0v) is 10.9. The van der Waals surface area contributed by atoms with Crippen LogP contribution in [0.3, 0.4) is 0 Å². The lowest BCUT2D eigenvalue weighted by molar-refractivity contribution is 0.211. The van der Waals surface area contributed by atoms with Crippen LogP contribution in [0.1, 0.15) is 65.7 Å². The van der Waals surface area contributed by atoms with Crippen molar-refractivity contribution in [2.24, 2.45) is 11.8 Å². The van der Waals surface area contributed by atoms with Crippen LogP contribution in [0.2, 0.25) is 0 Å². The summed E-state index contributed by atoms with van der Waals surface area (Å²) >= 11 is 0. The van der Waals surface area contributed by atoms with Gasteiger partial charge in [0.25, 0.3) is 0 Å². The average Bonchev–Trinajstić information content (AvgIpc) is 2.30. The van der Waals surface area contributed by atoms with Crippen molar-refractivity contribution in [2.45, 2.75) is 71.8 Å². The van der Waals surface area contributed by atoms with E-state index in [4.69, 9.17) is 0 Å². The molecule has 0 radical (unpaired) electrons. The summed E-state index contributed by atoms with van der Waals surface area (Å²) in [7, 11) is 0. The maximum Gasteiger partial charge on any atom is 0.0121 e. The van der Waals surface area contributed by atoms with Crippen LogP contribution < -0.4 is 5.32 Å². The van der Waals surface area contributed by atoms with Crippen LogP contribution >= 0.6 is 0 Å². The molecule has 0 amide bonds. The predicted molar refractivity (Wildman–Crippen MR) is 68.1 cm³/mol. The van der Waals surface area contributed by atoms with E-state index in [1.54, 1.807) is 0 Å². The summed E-state index contributed by atoms with van der Waals surface area (Å²) in [5.41, 5.74) is 0. The lowest BCUT2D eigenvalue weighted by atomic mass is 9.78. The Hall–Kier alpha value is -0.0400. The second-order valence-corrected chi connectivity index (χ2v) is 5.26. The minimum atomic E-state index is 0.787. The molecule has 1 nitrogen and oxygen atoms in total. The molecule has 0 saturated heterocycles. The monoisotopic (exact) mass is 211 g/mol. The molecule has 1 fully saturated rings. The average molecular weight is 211 g/mol. The van der Waals surface area contributed by atoms with Gasteiger partial charge in [0.1, 0.15) is 0 Å². The van der Waals surface area contributed by atoms with E-state index in [0.29, 0.717) is 0 Å². The van der Waals surface area contributed by atoms with Crippen molar-refractivity contribution in [1.29, 1.82) is 0 Å². The van der Waals surface area contributed by atoms with Gasteiger partial charge in [0.2, 0.25) is 0 Å². The molecule has 1 rings (SSSR count). The molecule has 0 aromatic heterocycles. The molecule has 1 saturated carbocycles. The summed E-state index contributed by atoms with van der Waals surface area (Å²) < 4.78 is 0. The van der Waals surface area contributed by atoms with Crippen LogP contribution in [0.25, 0.3) is 0 Å². The quantitative estimate of drug-likeness (QED) is 0.700. The van der Waals surface area contributed by atoms with E-state index in [1.807, 2.05) is 0 Å². The zero-order valence-electron chi connectivity index (χ0n) is 10.9. The molecule has 0 aromatic carbocycles. The fraction of sp³-hybridized carbons (Fsp3) is 1.00. The highest BCUT2D eigenvalue weighted by atomic mass is 14.9. The maximum atomic E-state index is 3.79. The fourth-order valence-electron chi connectivity index (χ4n) is 2.89. The molecule has 0 bridgehead atoms. The van der Waals surface area contributed by atoms with Gasteiger partial charge in [0, 0.05) is 6.04 Å². The summed E-state index contributed by atoms with van der Waals surface area (Å²) in [4.78, 5) is 0. The normalized spacial score (nSPS) is 22.6. The first-order valence-corrected chi connectivity index (χ1v) is 7.03. The lowest BCUT2D eigenvalue weighted by Gasteiger charge is -2.35. The van der Waals surface area contributed by atoms with Crippen molar-refractivity contribution in [1.82, 2.24) is 5.32 Å². The summed E-state index contributed by atoms with van der Waals surface area (Å²) in [6.45, 7) is 8.21. The number of hydrogen-bond acceptors (Lipinski definition) is 1. The van der Waals surface area contributed by atoms with Gasteiger partial charge in [-0.3, -0.25) is 0 Å². The maximum absolute atomic E-state index is 3.79. The number of nitrogens with one attached hydrogen (secondary N) is 1. The third-order valence-corrected chi connectivity index (χ3v) is 4.04. The van der Waals surface area contributed by atoms with Crippen molar-refractivity contribution in [3.8, 4) is 0 Å². The topological polar surface area (TPSA) is 12.0 Å². The van der Waals surface area contributed by atoms with E-state index >= 15 is 0 Å². The van der Waals surface area contributed by atoms with E-state index in [1.165, 1.54) is 51.5 Å². The molecule has 1 aliphatic carbocycles. The van der Waals surface area contributed by atoms with Crippen LogP contribution in [0.4, 0.5) is 0 Å². The van der Waals surface area contributed by atoms with E-state index in [-0.39, 0.29) is 0 Å². The molecule has 1 heteroatoms. The van der Waals surface area contributed by atoms with E-state index in [2.05, 4.69) is 26.1 Å². The second kappa shape index (κ2) is 7.27. The van der Waals surface area contributed by atoms with Crippen LogP contribution in [-0.4, -0.2) is 12.6 Å². The molecule has 0 aromatic rings. The second-order valence-electron chi connectivity index (χ2n) is 5.26. The first kappa shape index (κ1) is 13.0. The molecule has 15 heavy (non-hydrogen) atoms. The van der Waals surface area contributed by atoms with Crippen LogP contribution in [0.15, 0.2) is 0 Å². The number of hydrogen-bond donors (Lipinski definition) is 1. The van der Waals surface area contributed by atoms with Gasteiger partial charge in [-0.1, -0.05) is 46.5 Å². The largest absolute Gasteiger partial charge is 0.313 e. The SMILES string of the molecule is CCCNC(C(C)CC)C1CCCCC1. The van der Waals surface area contributed by atoms with Gasteiger partial charge in [-0.15, -0.1) is 0 Å². The van der Waals surface area contributed by atoms with Gasteiger partial charge in [0.05, 0.1) is 0 Å². The highest BCUT2D eigenvalue weighted by Gasteiger charge is 2.26. The van der Waals surface area contributed by atoms with E-state index in [0.717, 1.165) is 17.9 Å². The molecule has 0 spiro atoms. The van der Waals surface area contributed by atoms with Crippen molar-refractivity contribution in [2.75, 3.05) is 6.54 Å². The van der Waals surface area contributed by atoms with Crippen molar-refractivity contribution >= 4 is 0 Å². The first-order chi connectivity index (χ1) is 7.29. The van der Waals surface area contributed by atoms with Crippen molar-refractivity contribution in [3.05, 3.63) is 0 Å². The molecule has 1 N–H and O–H groups in total. The Morgan fingerprint density at radius 1 is 1.13 bits per heavy atom. The third-order valence-electron chi connectivity index (χ3n) is 4.04. The molecule has 2 atom stereocenters. The summed E-state index contributed by atoms with van der Waals surface area (Å²) in [5, 5.41) is 3.79. The van der Waals surface area contributed by atoms with Gasteiger partial charge >= 0.3 is 0 Å². The standard InChI is InChI=1S/C14H29N/c1-4-11-15-14(12(3)5-2)13-9-7-6-8-10-13/h12-15H,4-11H2,1-3H3. The highest BCUT2D eigenvalue weighted by molar-refractivity contribution is 4.82. The zero-order chi connectivity index (χ0) is 11.1. The summed E-state index contributed by atoms with van der Waals surface area (Å²) in [6, 6.07) is 0.787. The van der Waals surface area contributed by atoms with Gasteiger partial charge in [0.15, 0.2) is 0 Å². The van der Waals surface area contributed by atoms with E-state index < -0.39 is 0 Å². The van der Waals surface area contributed by atoms with E-state index in [9.17, 15) is 0 Å². The number of rotatable bonds is 6. The third kappa shape index (κ3) is 4.14. The predicted octanol–water partition coefficient (Wildman–Crippen LogP) is 3.98. The Labute approximate surface area is 96.0 Å². The Kier molecular flexibility index (Phi) is 6.31. The summed E-state index contributed by atoms with van der Waals surface area (Å²) in [6.07, 6.45) is 9.91. The Morgan fingerprint density at radius 2 is 1.80 bits per heavy atom. The van der Waals surface area contributed by atoms with Gasteiger partial charge in [-0.05, 0) is 37.6 Å². The van der Waals surface area contributed by atoms with Crippen molar-refractivity contribution in [3.63, 3.8) is 0 Å². The summed E-state index contributed by atoms with van der Waals surface area (Å²) in [5.74, 6) is 1.81. The Balaban J connectivity index is 2.45. The lowest BCUT2D eigenvalue weighted by Crippen LogP contribution is -2.42. The molecular weight excluding hydrogens is 182 g/mol. The van der Waals surface area contributed by atoms with Crippen molar-refractivity contribution < 1.29 is 0 Å². The first-order valence-electron chi connectivity index (χ1n) is 7.03. The molecule has 0 heterocycles. The minimum Gasteiger partial charge on any atom is -0.313 e. The molecule has 0 aliphatic heterocycles. The van der Waals surface area contributed by atoms with Crippen LogP contribution in [-0.2, 0) is 0 Å². The Bertz CT molecular complexity index is 149. The van der Waals surface area contributed by atoms with Gasteiger partial charge < -0.3 is 5.32 Å². The van der Waals surface area contributed by atoms with Crippen LogP contribution in [0.5, 0.6) is 0 Å². The van der Waals surface area contributed by atoms with Gasteiger partial charge in [-0.2, -0.15) is 0 Å². The molecular formula is C14H29N. The smallest absolute Gasteiger partial charge is 0.0121 e.